The molecule has 0 spiro atoms. The average molecular weight is 301 g/mol. The molecule has 1 aliphatic rings. The lowest BCUT2D eigenvalue weighted by Gasteiger charge is -2.37. The molecule has 2 rings (SSSR count). The maximum absolute atomic E-state index is 11.8. The zero-order valence-electron chi connectivity index (χ0n) is 13.2. The molecule has 6 nitrogen and oxygen atoms in total. The summed E-state index contributed by atoms with van der Waals surface area (Å²) < 4.78 is 0. The van der Waals surface area contributed by atoms with Crippen LogP contribution in [-0.4, -0.2) is 54.5 Å². The van der Waals surface area contributed by atoms with E-state index < -0.39 is 0 Å². The van der Waals surface area contributed by atoms with E-state index in [1.54, 1.807) is 7.05 Å². The minimum absolute atomic E-state index is 0.0243. The van der Waals surface area contributed by atoms with Crippen LogP contribution in [0, 0.1) is 5.92 Å². The summed E-state index contributed by atoms with van der Waals surface area (Å²) in [5.74, 6) is 1.87. The number of aromatic amines is 1. The largest absolute Gasteiger partial charge is 0.365 e. The van der Waals surface area contributed by atoms with Crippen LogP contribution in [-0.2, 0) is 4.79 Å². The molecule has 1 aliphatic heterocycles. The highest BCUT2D eigenvalue weighted by Crippen LogP contribution is 2.20. The molecule has 2 N–H and O–H groups in total. The number of aromatic nitrogens is 1. The molecule has 1 aromatic heterocycles. The Bertz CT molecular complexity index is 589. The summed E-state index contributed by atoms with van der Waals surface area (Å²) in [4.78, 5) is 25.0. The van der Waals surface area contributed by atoms with Gasteiger partial charge in [0.1, 0.15) is 11.7 Å². The number of aliphatic imine (C=N–C) groups is 2. The van der Waals surface area contributed by atoms with Gasteiger partial charge in [-0.15, -0.1) is 0 Å². The fourth-order valence-electron chi connectivity index (χ4n) is 2.71. The SMILES string of the molecule is C=CC(=O)N1CC[C@@H](C)C(NC(=NC)c2cc[nH]c2N=C)C1. The lowest BCUT2D eigenvalue weighted by Crippen LogP contribution is -2.53. The summed E-state index contributed by atoms with van der Waals surface area (Å²) in [7, 11) is 1.74. The number of nitrogens with zero attached hydrogens (tertiary/aromatic N) is 3. The van der Waals surface area contributed by atoms with Crippen molar-refractivity contribution in [2.24, 2.45) is 15.9 Å². The minimum atomic E-state index is -0.0243. The smallest absolute Gasteiger partial charge is 0.246 e. The van der Waals surface area contributed by atoms with Gasteiger partial charge in [-0.25, -0.2) is 4.99 Å². The van der Waals surface area contributed by atoms with Gasteiger partial charge in [0.2, 0.25) is 5.91 Å². The third kappa shape index (κ3) is 3.27. The summed E-state index contributed by atoms with van der Waals surface area (Å²) in [5, 5.41) is 3.46. The number of amidine groups is 1. The monoisotopic (exact) mass is 301 g/mol. The van der Waals surface area contributed by atoms with E-state index in [-0.39, 0.29) is 11.9 Å². The van der Waals surface area contributed by atoms with E-state index in [1.165, 1.54) is 6.08 Å². The topological polar surface area (TPSA) is 72.8 Å². The van der Waals surface area contributed by atoms with Gasteiger partial charge in [0, 0.05) is 32.4 Å². The third-order valence-corrected chi connectivity index (χ3v) is 4.13. The molecule has 1 amide bonds. The second-order valence-corrected chi connectivity index (χ2v) is 5.48. The van der Waals surface area contributed by atoms with Crippen LogP contribution in [0.5, 0.6) is 0 Å². The first-order chi connectivity index (χ1) is 10.6. The summed E-state index contributed by atoms with van der Waals surface area (Å²) in [6.07, 6.45) is 4.13. The van der Waals surface area contributed by atoms with Crippen molar-refractivity contribution < 1.29 is 4.79 Å². The van der Waals surface area contributed by atoms with Gasteiger partial charge >= 0.3 is 0 Å². The molecular formula is C16H23N5O. The number of hydrogen-bond donors (Lipinski definition) is 2. The van der Waals surface area contributed by atoms with Crippen molar-refractivity contribution in [3.05, 3.63) is 30.5 Å². The number of likely N-dealkylation sites (tertiary alicyclic amines) is 1. The Morgan fingerprint density at radius 1 is 1.59 bits per heavy atom. The number of carbonyl (C=O) groups excluding carboxylic acids is 1. The molecule has 0 saturated carbocycles. The number of piperidine rings is 1. The zero-order chi connectivity index (χ0) is 16.1. The Balaban J connectivity index is 2.14. The zero-order valence-corrected chi connectivity index (χ0v) is 13.2. The highest BCUT2D eigenvalue weighted by atomic mass is 16.2. The molecule has 2 atom stereocenters. The van der Waals surface area contributed by atoms with Gasteiger partial charge in [0.25, 0.3) is 0 Å². The Kier molecular flexibility index (Phi) is 5.14. The molecule has 6 heteroatoms. The number of nitrogens with one attached hydrogen (secondary N) is 2. The van der Waals surface area contributed by atoms with E-state index in [1.807, 2.05) is 17.2 Å². The van der Waals surface area contributed by atoms with Crippen LogP contribution in [0.3, 0.4) is 0 Å². The Morgan fingerprint density at radius 2 is 2.36 bits per heavy atom. The van der Waals surface area contributed by atoms with Gasteiger partial charge in [-0.05, 0) is 31.2 Å². The lowest BCUT2D eigenvalue weighted by molar-refractivity contribution is -0.127. The number of H-pyrrole nitrogens is 1. The van der Waals surface area contributed by atoms with Gasteiger partial charge < -0.3 is 15.2 Å². The van der Waals surface area contributed by atoms with Crippen LogP contribution in [0.15, 0.2) is 34.9 Å². The van der Waals surface area contributed by atoms with Crippen LogP contribution in [0.1, 0.15) is 18.9 Å². The molecule has 2 heterocycles. The highest BCUT2D eigenvalue weighted by Gasteiger charge is 2.29. The molecule has 0 radical (unpaired) electrons. The normalized spacial score (nSPS) is 22.3. The lowest BCUT2D eigenvalue weighted by atomic mass is 9.93. The van der Waals surface area contributed by atoms with E-state index >= 15 is 0 Å². The predicted octanol–water partition coefficient (Wildman–Crippen LogP) is 1.74. The molecule has 1 fully saturated rings. The van der Waals surface area contributed by atoms with Crippen molar-refractivity contribution in [3.8, 4) is 0 Å². The van der Waals surface area contributed by atoms with E-state index in [4.69, 9.17) is 0 Å². The second kappa shape index (κ2) is 7.06. The van der Waals surface area contributed by atoms with Crippen molar-refractivity contribution in [2.75, 3.05) is 20.1 Å². The molecule has 0 bridgehead atoms. The standard InChI is InChI=1S/C16H23N5O/c1-5-14(22)21-9-7-11(2)13(10-21)20-16(18-4)12-6-8-19-15(12)17-3/h5-6,8,11,13,19H,1,3,7,9-10H2,2,4H3,(H,18,20)/t11-,13?/m1/s1. The summed E-state index contributed by atoms with van der Waals surface area (Å²) >= 11 is 0. The minimum Gasteiger partial charge on any atom is -0.365 e. The number of amides is 1. The molecule has 1 saturated heterocycles. The quantitative estimate of drug-likeness (QED) is 0.505. The van der Waals surface area contributed by atoms with Gasteiger partial charge in [0.15, 0.2) is 0 Å². The van der Waals surface area contributed by atoms with Crippen LogP contribution >= 0.6 is 0 Å². The summed E-state index contributed by atoms with van der Waals surface area (Å²) in [6.45, 7) is 10.7. The van der Waals surface area contributed by atoms with Gasteiger partial charge in [-0.3, -0.25) is 9.79 Å². The van der Waals surface area contributed by atoms with Gasteiger partial charge in [0.05, 0.1) is 5.56 Å². The molecule has 22 heavy (non-hydrogen) atoms. The summed E-state index contributed by atoms with van der Waals surface area (Å²) in [6, 6.07) is 2.06. The van der Waals surface area contributed by atoms with Crippen molar-refractivity contribution >= 4 is 24.3 Å². The second-order valence-electron chi connectivity index (χ2n) is 5.48. The van der Waals surface area contributed by atoms with Crippen molar-refractivity contribution in [3.63, 3.8) is 0 Å². The molecule has 0 aliphatic carbocycles. The summed E-state index contributed by atoms with van der Waals surface area (Å²) in [5.41, 5.74) is 0.886. The van der Waals surface area contributed by atoms with Crippen molar-refractivity contribution in [1.29, 1.82) is 0 Å². The predicted molar refractivity (Wildman–Crippen MR) is 89.9 cm³/mol. The maximum atomic E-state index is 11.8. The van der Waals surface area contributed by atoms with E-state index in [9.17, 15) is 4.79 Å². The first kappa shape index (κ1) is 16.0. The number of hydrogen-bond acceptors (Lipinski definition) is 3. The molecule has 118 valence electrons. The van der Waals surface area contributed by atoms with Gasteiger partial charge in [-0.2, -0.15) is 0 Å². The number of carbonyl (C=O) groups is 1. The average Bonchev–Trinajstić information content (AvgIpc) is 3.01. The fraction of sp³-hybridized carbons (Fsp3) is 0.438. The van der Waals surface area contributed by atoms with Crippen LogP contribution < -0.4 is 5.32 Å². The third-order valence-electron chi connectivity index (χ3n) is 4.13. The Labute approximate surface area is 131 Å². The van der Waals surface area contributed by atoms with Crippen LogP contribution in [0.25, 0.3) is 0 Å². The maximum Gasteiger partial charge on any atom is 0.246 e. The van der Waals surface area contributed by atoms with Crippen molar-refractivity contribution in [1.82, 2.24) is 15.2 Å². The first-order valence-electron chi connectivity index (χ1n) is 7.39. The van der Waals surface area contributed by atoms with Gasteiger partial charge in [-0.1, -0.05) is 13.5 Å². The molecule has 1 unspecified atom stereocenters. The van der Waals surface area contributed by atoms with Crippen LogP contribution in [0.2, 0.25) is 0 Å². The molecule has 0 aromatic carbocycles. The van der Waals surface area contributed by atoms with Crippen molar-refractivity contribution in [2.45, 2.75) is 19.4 Å². The first-order valence-corrected chi connectivity index (χ1v) is 7.39. The molecular weight excluding hydrogens is 278 g/mol. The van der Waals surface area contributed by atoms with E-state index in [0.717, 1.165) is 24.4 Å². The number of rotatable bonds is 4. The Hall–Kier alpha value is -2.37. The fourth-order valence-corrected chi connectivity index (χ4v) is 2.71. The van der Waals surface area contributed by atoms with E-state index in [0.29, 0.717) is 18.3 Å². The van der Waals surface area contributed by atoms with Crippen LogP contribution in [0.4, 0.5) is 5.82 Å². The highest BCUT2D eigenvalue weighted by molar-refractivity contribution is 6.02. The Morgan fingerprint density at radius 3 is 3.00 bits per heavy atom. The molecule has 1 aromatic rings. The van der Waals surface area contributed by atoms with E-state index in [2.05, 4.69) is 40.5 Å².